The fourth-order valence-corrected chi connectivity index (χ4v) is 8.26. The van der Waals surface area contributed by atoms with Crippen molar-refractivity contribution in [3.05, 3.63) is 12.2 Å². The van der Waals surface area contributed by atoms with Crippen LogP contribution in [0, 0.1) is 46.3 Å². The van der Waals surface area contributed by atoms with Gasteiger partial charge in [0.25, 0.3) is 0 Å². The molecule has 0 aromatic carbocycles. The zero-order chi connectivity index (χ0) is 17.1. The highest BCUT2D eigenvalue weighted by Crippen LogP contribution is 2.68. The van der Waals surface area contributed by atoms with E-state index in [1.54, 1.807) is 0 Å². The van der Waals surface area contributed by atoms with E-state index in [2.05, 4.69) is 27.4 Å². The van der Waals surface area contributed by atoms with Gasteiger partial charge in [0.1, 0.15) is 0 Å². The summed E-state index contributed by atoms with van der Waals surface area (Å²) in [6, 6.07) is 0. The third-order valence-corrected chi connectivity index (χ3v) is 9.67. The van der Waals surface area contributed by atoms with Crippen molar-refractivity contribution in [1.29, 1.82) is 0 Å². The first kappa shape index (κ1) is 17.1. The van der Waals surface area contributed by atoms with E-state index in [1.807, 2.05) is 0 Å². The lowest BCUT2D eigenvalue weighted by molar-refractivity contribution is -0.110. The van der Waals surface area contributed by atoms with Crippen LogP contribution >= 0.6 is 0 Å². The van der Waals surface area contributed by atoms with Gasteiger partial charge in [0, 0.05) is 6.61 Å². The quantitative estimate of drug-likeness (QED) is 0.632. The van der Waals surface area contributed by atoms with Gasteiger partial charge in [0.15, 0.2) is 0 Å². The minimum atomic E-state index is 0.378. The third kappa shape index (κ3) is 2.29. The SMILES string of the molecule is C=C1CC[C@@]2(C)[C@H](CC[C@@H]3[C@@H]2CC[C@]2(C)[C@@H]([C@H](C)CO)CC[C@@H]32)C1. The normalized spacial score (nSPS) is 52.3. The van der Waals surface area contributed by atoms with Gasteiger partial charge < -0.3 is 5.11 Å². The van der Waals surface area contributed by atoms with E-state index in [-0.39, 0.29) is 0 Å². The number of aliphatic hydroxyl groups excluding tert-OH is 1. The lowest BCUT2D eigenvalue weighted by Gasteiger charge is -2.61. The summed E-state index contributed by atoms with van der Waals surface area (Å²) >= 11 is 0. The predicted octanol–water partition coefficient (Wildman–Crippen LogP) is 5.83. The summed E-state index contributed by atoms with van der Waals surface area (Å²) in [6.07, 6.45) is 12.6. The van der Waals surface area contributed by atoms with E-state index in [0.717, 1.165) is 29.6 Å². The second-order valence-electron chi connectivity index (χ2n) is 10.5. The van der Waals surface area contributed by atoms with Crippen molar-refractivity contribution >= 4 is 0 Å². The molecular formula is C23H38O. The number of fused-ring (bicyclic) bond motifs is 5. The molecule has 4 rings (SSSR count). The van der Waals surface area contributed by atoms with E-state index in [1.165, 1.54) is 63.4 Å². The van der Waals surface area contributed by atoms with Crippen molar-refractivity contribution in [1.82, 2.24) is 0 Å². The summed E-state index contributed by atoms with van der Waals surface area (Å²) in [5.41, 5.74) is 2.62. The second-order valence-corrected chi connectivity index (χ2v) is 10.5. The van der Waals surface area contributed by atoms with Crippen LogP contribution in [0.4, 0.5) is 0 Å². The Morgan fingerprint density at radius 3 is 2.54 bits per heavy atom. The lowest BCUT2D eigenvalue weighted by Crippen LogP contribution is -2.53. The zero-order valence-electron chi connectivity index (χ0n) is 16.2. The molecule has 0 radical (unpaired) electrons. The Hall–Kier alpha value is -0.300. The van der Waals surface area contributed by atoms with E-state index in [9.17, 15) is 5.11 Å². The maximum atomic E-state index is 9.74. The molecule has 4 fully saturated rings. The molecule has 0 aromatic heterocycles. The standard InChI is InChI=1S/C23H38O/c1-15-9-11-22(3)17(13-15)5-6-18-20-8-7-19(16(2)14-24)23(20,4)12-10-21(18)22/h16-21,24H,1,5-14H2,2-4H3/t16-,17-,18+,19-,20+,21+,22+,23-/m1/s1. The van der Waals surface area contributed by atoms with E-state index >= 15 is 0 Å². The van der Waals surface area contributed by atoms with Crippen LogP contribution in [0.15, 0.2) is 12.2 Å². The van der Waals surface area contributed by atoms with Crippen LogP contribution in [0.1, 0.15) is 78.6 Å². The summed E-state index contributed by atoms with van der Waals surface area (Å²) in [6.45, 7) is 12.2. The van der Waals surface area contributed by atoms with E-state index in [0.29, 0.717) is 23.4 Å². The number of hydrogen-bond acceptors (Lipinski definition) is 1. The zero-order valence-corrected chi connectivity index (χ0v) is 16.2. The predicted molar refractivity (Wildman–Crippen MR) is 101 cm³/mol. The number of rotatable bonds is 2. The third-order valence-electron chi connectivity index (χ3n) is 9.67. The summed E-state index contributed by atoms with van der Waals surface area (Å²) in [5, 5.41) is 9.74. The van der Waals surface area contributed by atoms with Crippen LogP contribution in [0.2, 0.25) is 0 Å². The van der Waals surface area contributed by atoms with Crippen molar-refractivity contribution < 1.29 is 5.11 Å². The molecule has 0 saturated heterocycles. The molecule has 0 unspecified atom stereocenters. The molecule has 0 aliphatic heterocycles. The summed E-state index contributed by atoms with van der Waals surface area (Å²) in [5.74, 6) is 5.01. The number of aliphatic hydroxyl groups is 1. The Morgan fingerprint density at radius 1 is 1.04 bits per heavy atom. The molecule has 4 aliphatic carbocycles. The second kappa shape index (κ2) is 5.86. The number of hydrogen-bond donors (Lipinski definition) is 1. The summed E-state index contributed by atoms with van der Waals surface area (Å²) < 4.78 is 0. The molecule has 8 atom stereocenters. The largest absolute Gasteiger partial charge is 0.396 e. The van der Waals surface area contributed by atoms with Crippen LogP contribution in [0.3, 0.4) is 0 Å². The Morgan fingerprint density at radius 2 is 1.79 bits per heavy atom. The first-order valence-electron chi connectivity index (χ1n) is 10.7. The monoisotopic (exact) mass is 330 g/mol. The summed E-state index contributed by atoms with van der Waals surface area (Å²) in [4.78, 5) is 0. The van der Waals surface area contributed by atoms with Gasteiger partial charge in [-0.1, -0.05) is 32.9 Å². The first-order chi connectivity index (χ1) is 11.4. The summed E-state index contributed by atoms with van der Waals surface area (Å²) in [7, 11) is 0. The molecule has 4 aliphatic rings. The van der Waals surface area contributed by atoms with Crippen LogP contribution in [0.5, 0.6) is 0 Å². The molecule has 1 heteroatoms. The molecule has 0 aromatic rings. The van der Waals surface area contributed by atoms with Crippen molar-refractivity contribution in [3.63, 3.8) is 0 Å². The van der Waals surface area contributed by atoms with E-state index in [4.69, 9.17) is 0 Å². The Bertz CT molecular complexity index is 510. The van der Waals surface area contributed by atoms with Gasteiger partial charge >= 0.3 is 0 Å². The van der Waals surface area contributed by atoms with Crippen molar-refractivity contribution in [2.45, 2.75) is 78.6 Å². The Labute approximate surface area is 149 Å². The molecular weight excluding hydrogens is 292 g/mol. The Kier molecular flexibility index (Phi) is 4.18. The minimum Gasteiger partial charge on any atom is -0.396 e. The smallest absolute Gasteiger partial charge is 0.0459 e. The van der Waals surface area contributed by atoms with Crippen molar-refractivity contribution in [2.24, 2.45) is 46.3 Å². The lowest BCUT2D eigenvalue weighted by atomic mass is 9.44. The van der Waals surface area contributed by atoms with Crippen LogP contribution in [-0.2, 0) is 0 Å². The molecule has 1 N–H and O–H groups in total. The van der Waals surface area contributed by atoms with Crippen molar-refractivity contribution in [2.75, 3.05) is 6.61 Å². The minimum absolute atomic E-state index is 0.378. The molecule has 0 bridgehead atoms. The van der Waals surface area contributed by atoms with Gasteiger partial charge in [-0.05, 0) is 104 Å². The van der Waals surface area contributed by atoms with Gasteiger partial charge in [-0.2, -0.15) is 0 Å². The first-order valence-corrected chi connectivity index (χ1v) is 10.7. The molecule has 1 nitrogen and oxygen atoms in total. The molecule has 4 saturated carbocycles. The molecule has 136 valence electrons. The molecule has 24 heavy (non-hydrogen) atoms. The van der Waals surface area contributed by atoms with E-state index < -0.39 is 0 Å². The highest BCUT2D eigenvalue weighted by Gasteiger charge is 2.60. The van der Waals surface area contributed by atoms with Gasteiger partial charge in [0.05, 0.1) is 0 Å². The van der Waals surface area contributed by atoms with Gasteiger partial charge in [-0.15, -0.1) is 0 Å². The topological polar surface area (TPSA) is 20.2 Å². The molecule has 0 heterocycles. The molecule has 0 amide bonds. The highest BCUT2D eigenvalue weighted by molar-refractivity contribution is 5.13. The van der Waals surface area contributed by atoms with Crippen LogP contribution in [0.25, 0.3) is 0 Å². The average molecular weight is 331 g/mol. The average Bonchev–Trinajstić information content (AvgIpc) is 2.92. The van der Waals surface area contributed by atoms with Gasteiger partial charge in [-0.25, -0.2) is 0 Å². The molecule has 0 spiro atoms. The van der Waals surface area contributed by atoms with Crippen molar-refractivity contribution in [3.8, 4) is 0 Å². The fourth-order valence-electron chi connectivity index (χ4n) is 8.26. The maximum absolute atomic E-state index is 9.74. The van der Waals surface area contributed by atoms with Gasteiger partial charge in [0.2, 0.25) is 0 Å². The van der Waals surface area contributed by atoms with Gasteiger partial charge in [-0.3, -0.25) is 0 Å². The maximum Gasteiger partial charge on any atom is 0.0459 e. The number of allylic oxidation sites excluding steroid dienone is 1. The van der Waals surface area contributed by atoms with Crippen LogP contribution < -0.4 is 0 Å². The highest BCUT2D eigenvalue weighted by atomic mass is 16.3. The fraction of sp³-hybridized carbons (Fsp3) is 0.913. The van der Waals surface area contributed by atoms with Crippen LogP contribution in [-0.4, -0.2) is 11.7 Å². The Balaban J connectivity index is 1.60.